The largest absolute Gasteiger partial charge is 0.530 e. The fourth-order valence-corrected chi connectivity index (χ4v) is 4.21. The van der Waals surface area contributed by atoms with Crippen molar-refractivity contribution in [3.8, 4) is 5.75 Å². The van der Waals surface area contributed by atoms with E-state index < -0.39 is 55.7 Å². The number of alkyl halides is 1. The van der Waals surface area contributed by atoms with E-state index in [-0.39, 0.29) is 23.1 Å². The molecule has 3 heterocycles. The second-order valence-corrected chi connectivity index (χ2v) is 8.32. The topological polar surface area (TPSA) is 149 Å². The van der Waals surface area contributed by atoms with Gasteiger partial charge in [0.2, 0.25) is 5.82 Å². The van der Waals surface area contributed by atoms with Gasteiger partial charge in [-0.3, -0.25) is 23.4 Å². The molecule has 1 aromatic carbocycles. The van der Waals surface area contributed by atoms with Crippen molar-refractivity contribution in [2.45, 2.75) is 37.8 Å². The van der Waals surface area contributed by atoms with E-state index in [0.29, 0.717) is 11.1 Å². The van der Waals surface area contributed by atoms with Crippen LogP contribution in [-0.4, -0.2) is 44.4 Å². The lowest BCUT2D eigenvalue weighted by Crippen LogP contribution is -2.43. The lowest BCUT2D eigenvalue weighted by Gasteiger charge is -2.29. The molecular weight excluding hydrogens is 445 g/mol. The van der Waals surface area contributed by atoms with Crippen LogP contribution in [0.15, 0.2) is 34.0 Å². The van der Waals surface area contributed by atoms with Crippen LogP contribution in [-0.2, 0) is 25.0 Å². The third kappa shape index (κ3) is 3.84. The highest BCUT2D eigenvalue weighted by molar-refractivity contribution is 7.49. The molecule has 1 saturated heterocycles. The van der Waals surface area contributed by atoms with E-state index in [0.717, 1.165) is 0 Å². The molecular formula is C17H17F2N2O9P. The summed E-state index contributed by atoms with van der Waals surface area (Å²) >= 11 is 0. The van der Waals surface area contributed by atoms with Crippen molar-refractivity contribution >= 4 is 7.82 Å². The van der Waals surface area contributed by atoms with E-state index >= 15 is 4.39 Å². The summed E-state index contributed by atoms with van der Waals surface area (Å²) in [6.07, 6.45) is -6.97. The number of aliphatic hydroxyl groups excluding tert-OH is 2. The van der Waals surface area contributed by atoms with Gasteiger partial charge in [-0.1, -0.05) is 18.2 Å². The lowest BCUT2D eigenvalue weighted by molar-refractivity contribution is -0.205. The van der Waals surface area contributed by atoms with E-state index in [1.54, 1.807) is 30.1 Å². The van der Waals surface area contributed by atoms with Crippen LogP contribution < -0.4 is 15.8 Å². The van der Waals surface area contributed by atoms with Gasteiger partial charge in [0.15, 0.2) is 6.23 Å². The van der Waals surface area contributed by atoms with Gasteiger partial charge < -0.3 is 19.5 Å². The SMILES string of the molecule is [2H]C([2H])(OP1(=O)OCc2cccc(C)c2O1)[C@@]1(F)O[C@@H](n2cc(F)c(=O)[nH]c2=O)[C@H](O)[C@@H]1O. The molecule has 2 aromatic rings. The summed E-state index contributed by atoms with van der Waals surface area (Å²) in [5.41, 5.74) is -1.79. The average Bonchev–Trinajstić information content (AvgIpc) is 2.96. The first-order valence-corrected chi connectivity index (χ1v) is 10.2. The normalized spacial score (nSPS) is 33.9. The van der Waals surface area contributed by atoms with E-state index in [4.69, 9.17) is 21.0 Å². The van der Waals surface area contributed by atoms with Crippen LogP contribution in [0.25, 0.3) is 0 Å². The molecule has 4 rings (SSSR count). The summed E-state index contributed by atoms with van der Waals surface area (Å²) in [7, 11) is -4.81. The van der Waals surface area contributed by atoms with Gasteiger partial charge in [0, 0.05) is 5.56 Å². The second-order valence-electron chi connectivity index (χ2n) is 6.80. The number of H-pyrrole nitrogens is 1. The summed E-state index contributed by atoms with van der Waals surface area (Å²) < 4.78 is 77.9. The molecule has 0 radical (unpaired) electrons. The number of halogens is 2. The molecule has 1 unspecified atom stereocenters. The number of aliphatic hydroxyl groups is 2. The molecule has 2 aliphatic heterocycles. The predicted molar refractivity (Wildman–Crippen MR) is 97.4 cm³/mol. The van der Waals surface area contributed by atoms with Crippen molar-refractivity contribution in [1.82, 2.24) is 9.55 Å². The molecule has 0 bridgehead atoms. The Labute approximate surface area is 175 Å². The Morgan fingerprint density at radius 2 is 2.19 bits per heavy atom. The number of rotatable bonds is 4. The van der Waals surface area contributed by atoms with Gasteiger partial charge in [-0.15, -0.1) is 0 Å². The number of nitrogens with one attached hydrogen (secondary N) is 1. The number of phosphoric acid groups is 1. The average molecular weight is 464 g/mol. The Kier molecular flexibility index (Phi) is 4.74. The minimum atomic E-state index is -4.81. The smallest absolute Gasteiger partial charge is 0.403 e. The minimum Gasteiger partial charge on any atom is -0.403 e. The summed E-state index contributed by atoms with van der Waals surface area (Å²) in [6, 6.07) is 4.86. The molecule has 31 heavy (non-hydrogen) atoms. The number of aromatic amines is 1. The van der Waals surface area contributed by atoms with Crippen LogP contribution in [0.4, 0.5) is 8.78 Å². The van der Waals surface area contributed by atoms with Gasteiger partial charge in [0.1, 0.15) is 24.5 Å². The molecule has 0 aliphatic carbocycles. The van der Waals surface area contributed by atoms with Crippen molar-refractivity contribution < 1.29 is 44.6 Å². The number of ether oxygens (including phenoxy) is 1. The van der Waals surface area contributed by atoms with Crippen molar-refractivity contribution in [3.63, 3.8) is 0 Å². The Morgan fingerprint density at radius 3 is 2.94 bits per heavy atom. The third-order valence-corrected chi connectivity index (χ3v) is 5.82. The van der Waals surface area contributed by atoms with E-state index in [9.17, 15) is 28.8 Å². The van der Waals surface area contributed by atoms with E-state index in [1.807, 2.05) is 0 Å². The van der Waals surface area contributed by atoms with Crippen LogP contribution in [0.3, 0.4) is 0 Å². The highest BCUT2D eigenvalue weighted by atomic mass is 31.2. The number of aromatic nitrogens is 2. The lowest BCUT2D eigenvalue weighted by atomic mass is 10.1. The molecule has 3 N–H and O–H groups in total. The summed E-state index contributed by atoms with van der Waals surface area (Å²) in [6.45, 7) is -2.52. The number of benzene rings is 1. The van der Waals surface area contributed by atoms with Crippen LogP contribution >= 0.6 is 7.82 Å². The molecule has 14 heteroatoms. The van der Waals surface area contributed by atoms with Crippen LogP contribution in [0.2, 0.25) is 0 Å². The molecule has 2 aliphatic rings. The van der Waals surface area contributed by atoms with Crippen molar-refractivity contribution in [2.24, 2.45) is 0 Å². The first-order valence-electron chi connectivity index (χ1n) is 9.75. The van der Waals surface area contributed by atoms with Gasteiger partial charge in [-0.2, -0.15) is 4.39 Å². The summed E-state index contributed by atoms with van der Waals surface area (Å²) in [5.74, 6) is -5.38. The van der Waals surface area contributed by atoms with Crippen molar-refractivity contribution in [3.05, 3.63) is 62.2 Å². The van der Waals surface area contributed by atoms with E-state index in [2.05, 4.69) is 0 Å². The maximum atomic E-state index is 15.6. The number of fused-ring (bicyclic) bond motifs is 1. The van der Waals surface area contributed by atoms with Gasteiger partial charge in [0.25, 0.3) is 11.4 Å². The summed E-state index contributed by atoms with van der Waals surface area (Å²) in [4.78, 5) is 24.7. The molecule has 1 aromatic heterocycles. The highest BCUT2D eigenvalue weighted by Gasteiger charge is 2.57. The van der Waals surface area contributed by atoms with E-state index in [1.165, 1.54) is 0 Å². The fourth-order valence-electron chi connectivity index (χ4n) is 3.05. The molecule has 0 amide bonds. The molecule has 11 nitrogen and oxygen atoms in total. The number of aryl methyl sites for hydroxylation is 1. The number of para-hydroxylation sites is 1. The standard InChI is InChI=1S/C17H17F2N2O9P/c1-8-3-2-4-9-6-27-31(26,30-12(8)9)28-7-17(19)13(23)11(22)15(29-17)21-5-10(18)14(24)20-16(21)25/h2-5,11,13,15,22-23H,6-7H2,1H3,(H,20,24,25)/t11-,13+,15-,17-,31?/m1/s1/i7D2. The Balaban J connectivity index is 1.64. The zero-order valence-corrected chi connectivity index (χ0v) is 16.5. The number of hydrogen-bond donors (Lipinski definition) is 3. The molecule has 0 spiro atoms. The first kappa shape index (κ1) is 19.3. The zero-order chi connectivity index (χ0) is 24.3. The molecule has 5 atom stereocenters. The number of phosphoric ester groups is 1. The quantitative estimate of drug-likeness (QED) is 0.554. The Morgan fingerprint density at radius 1 is 1.45 bits per heavy atom. The molecule has 1 fully saturated rings. The summed E-state index contributed by atoms with van der Waals surface area (Å²) in [5, 5.41) is 20.4. The van der Waals surface area contributed by atoms with Crippen LogP contribution in [0.1, 0.15) is 20.1 Å². The third-order valence-electron chi connectivity index (χ3n) is 4.66. The highest BCUT2D eigenvalue weighted by Crippen LogP contribution is 2.56. The fraction of sp³-hybridized carbons (Fsp3) is 0.412. The Bertz CT molecular complexity index is 1270. The number of hydrogen-bond acceptors (Lipinski definition) is 9. The maximum Gasteiger partial charge on any atom is 0.530 e. The van der Waals surface area contributed by atoms with Crippen LogP contribution in [0, 0.1) is 12.7 Å². The van der Waals surface area contributed by atoms with Gasteiger partial charge in [-0.25, -0.2) is 13.8 Å². The first-order chi connectivity index (χ1) is 15.3. The zero-order valence-electron chi connectivity index (χ0n) is 17.7. The predicted octanol–water partition coefficient (Wildman–Crippen LogP) is 0.634. The molecule has 168 valence electrons. The molecule has 0 saturated carbocycles. The second kappa shape index (κ2) is 7.62. The monoisotopic (exact) mass is 464 g/mol. The van der Waals surface area contributed by atoms with Crippen molar-refractivity contribution in [1.29, 1.82) is 0 Å². The maximum absolute atomic E-state index is 15.6. The van der Waals surface area contributed by atoms with Crippen LogP contribution in [0.5, 0.6) is 5.75 Å². The number of nitrogens with zero attached hydrogens (tertiary/aromatic N) is 1. The van der Waals surface area contributed by atoms with Gasteiger partial charge in [0.05, 0.1) is 15.5 Å². The minimum absolute atomic E-state index is 0.0665. The Hall–Kier alpha value is -2.41. The van der Waals surface area contributed by atoms with Gasteiger partial charge >= 0.3 is 13.5 Å². The van der Waals surface area contributed by atoms with Gasteiger partial charge in [-0.05, 0) is 12.5 Å². The van der Waals surface area contributed by atoms with Crippen molar-refractivity contribution in [2.75, 3.05) is 6.56 Å².